The van der Waals surface area contributed by atoms with E-state index in [0.29, 0.717) is 0 Å². The van der Waals surface area contributed by atoms with Crippen LogP contribution in [-0.4, -0.2) is 19.1 Å². The lowest BCUT2D eigenvalue weighted by Crippen LogP contribution is -2.10. The van der Waals surface area contributed by atoms with E-state index < -0.39 is 0 Å². The first kappa shape index (κ1) is 12.7. The van der Waals surface area contributed by atoms with Gasteiger partial charge in [0.25, 0.3) is 0 Å². The Bertz CT molecular complexity index is 760. The third-order valence-electron chi connectivity index (χ3n) is 3.58. The number of fused-ring (bicyclic) bond motifs is 1. The van der Waals surface area contributed by atoms with E-state index in [1.807, 2.05) is 0 Å². The molecule has 0 N–H and O–H groups in total. The summed E-state index contributed by atoms with van der Waals surface area (Å²) >= 11 is 0. The minimum Gasteiger partial charge on any atom is -0.377 e. The number of rotatable bonds is 2. The Hall–Kier alpha value is -2.35. The Kier molecular flexibility index (Phi) is 3.15. The maximum absolute atomic E-state index is 4.86. The van der Waals surface area contributed by atoms with Crippen molar-refractivity contribution in [2.24, 2.45) is 0 Å². The zero-order chi connectivity index (χ0) is 14.1. The summed E-state index contributed by atoms with van der Waals surface area (Å²) in [5, 5.41) is 1.19. The molecule has 2 aromatic carbocycles. The Labute approximate surface area is 119 Å². The molecule has 1 heterocycles. The lowest BCUT2D eigenvalue weighted by atomic mass is 10.1. The van der Waals surface area contributed by atoms with Crippen LogP contribution in [0.4, 0.5) is 5.69 Å². The quantitative estimate of drug-likeness (QED) is 0.685. The second kappa shape index (κ2) is 4.97. The molecular formula is C18H18N2. The number of anilines is 1. The molecule has 0 spiro atoms. The average molecular weight is 262 g/mol. The molecule has 0 amide bonds. The standard InChI is InChI=1S/C18H18N2/c1-13-7-6-8-14-11-12-16(19-18(13)14)15-9-4-5-10-17(15)20(2)3/h4-12H,1-3H3. The van der Waals surface area contributed by atoms with Gasteiger partial charge in [-0.3, -0.25) is 0 Å². The van der Waals surface area contributed by atoms with Crippen LogP contribution >= 0.6 is 0 Å². The van der Waals surface area contributed by atoms with Crippen molar-refractivity contribution in [3.05, 3.63) is 60.2 Å². The summed E-state index contributed by atoms with van der Waals surface area (Å²) in [5.41, 5.74) is 5.68. The summed E-state index contributed by atoms with van der Waals surface area (Å²) in [6.45, 7) is 2.11. The second-order valence-corrected chi connectivity index (χ2v) is 5.25. The smallest absolute Gasteiger partial charge is 0.0738 e. The minimum absolute atomic E-state index is 1.02. The summed E-state index contributed by atoms with van der Waals surface area (Å²) in [6, 6.07) is 18.9. The topological polar surface area (TPSA) is 16.1 Å². The van der Waals surface area contributed by atoms with Crippen LogP contribution in [0.3, 0.4) is 0 Å². The molecule has 0 saturated heterocycles. The molecule has 2 nitrogen and oxygen atoms in total. The fraction of sp³-hybridized carbons (Fsp3) is 0.167. The van der Waals surface area contributed by atoms with E-state index in [1.165, 1.54) is 22.2 Å². The first-order valence-corrected chi connectivity index (χ1v) is 6.80. The monoisotopic (exact) mass is 262 g/mol. The highest BCUT2D eigenvalue weighted by atomic mass is 15.1. The molecule has 0 aliphatic rings. The Morgan fingerprint density at radius 2 is 1.65 bits per heavy atom. The molecule has 100 valence electrons. The highest BCUT2D eigenvalue weighted by Gasteiger charge is 2.08. The van der Waals surface area contributed by atoms with Crippen LogP contribution in [0.15, 0.2) is 54.6 Å². The van der Waals surface area contributed by atoms with Crippen molar-refractivity contribution in [3.8, 4) is 11.3 Å². The maximum Gasteiger partial charge on any atom is 0.0738 e. The number of para-hydroxylation sites is 2. The Morgan fingerprint density at radius 3 is 2.45 bits per heavy atom. The van der Waals surface area contributed by atoms with Gasteiger partial charge >= 0.3 is 0 Å². The highest BCUT2D eigenvalue weighted by molar-refractivity contribution is 5.86. The first-order valence-electron chi connectivity index (χ1n) is 6.80. The molecule has 0 aliphatic carbocycles. The largest absolute Gasteiger partial charge is 0.377 e. The minimum atomic E-state index is 1.02. The van der Waals surface area contributed by atoms with Crippen LogP contribution in [0, 0.1) is 6.92 Å². The van der Waals surface area contributed by atoms with Gasteiger partial charge in [0.1, 0.15) is 0 Å². The van der Waals surface area contributed by atoms with Crippen molar-refractivity contribution in [2.75, 3.05) is 19.0 Å². The molecule has 3 rings (SSSR count). The third-order valence-corrected chi connectivity index (χ3v) is 3.58. The van der Waals surface area contributed by atoms with Gasteiger partial charge in [-0.1, -0.05) is 42.5 Å². The molecule has 0 radical (unpaired) electrons. The van der Waals surface area contributed by atoms with Crippen LogP contribution < -0.4 is 4.90 Å². The summed E-state index contributed by atoms with van der Waals surface area (Å²) in [6.07, 6.45) is 0. The van der Waals surface area contributed by atoms with Crippen LogP contribution in [0.1, 0.15) is 5.56 Å². The van der Waals surface area contributed by atoms with Gasteiger partial charge in [0, 0.05) is 30.7 Å². The van der Waals surface area contributed by atoms with E-state index in [2.05, 4.69) is 80.5 Å². The van der Waals surface area contributed by atoms with E-state index in [0.717, 1.165) is 11.2 Å². The molecule has 0 bridgehead atoms. The van der Waals surface area contributed by atoms with E-state index >= 15 is 0 Å². The van der Waals surface area contributed by atoms with Gasteiger partial charge in [0.05, 0.1) is 11.2 Å². The van der Waals surface area contributed by atoms with Crippen LogP contribution in [0.5, 0.6) is 0 Å². The molecule has 0 saturated carbocycles. The van der Waals surface area contributed by atoms with Gasteiger partial charge in [-0.2, -0.15) is 0 Å². The van der Waals surface area contributed by atoms with Crippen molar-refractivity contribution in [1.82, 2.24) is 4.98 Å². The van der Waals surface area contributed by atoms with Crippen LogP contribution in [0.25, 0.3) is 22.2 Å². The number of hydrogen-bond acceptors (Lipinski definition) is 2. The Morgan fingerprint density at radius 1 is 0.850 bits per heavy atom. The molecule has 3 aromatic rings. The van der Waals surface area contributed by atoms with E-state index in [9.17, 15) is 0 Å². The van der Waals surface area contributed by atoms with E-state index in [4.69, 9.17) is 4.98 Å². The van der Waals surface area contributed by atoms with Gasteiger partial charge in [0.2, 0.25) is 0 Å². The van der Waals surface area contributed by atoms with Crippen LogP contribution in [0.2, 0.25) is 0 Å². The molecule has 1 aromatic heterocycles. The summed E-state index contributed by atoms with van der Waals surface area (Å²) in [5.74, 6) is 0. The first-order chi connectivity index (χ1) is 9.66. The third kappa shape index (κ3) is 2.14. The lowest BCUT2D eigenvalue weighted by molar-refractivity contribution is 1.13. The van der Waals surface area contributed by atoms with Crippen molar-refractivity contribution >= 4 is 16.6 Å². The van der Waals surface area contributed by atoms with Gasteiger partial charge in [-0.05, 0) is 24.6 Å². The highest BCUT2D eigenvalue weighted by Crippen LogP contribution is 2.30. The number of hydrogen-bond donors (Lipinski definition) is 0. The van der Waals surface area contributed by atoms with Gasteiger partial charge in [-0.25, -0.2) is 4.98 Å². The number of nitrogens with zero attached hydrogens (tertiary/aromatic N) is 2. The molecule has 0 aliphatic heterocycles. The second-order valence-electron chi connectivity index (χ2n) is 5.25. The summed E-state index contributed by atoms with van der Waals surface area (Å²) < 4.78 is 0. The molecule has 0 atom stereocenters. The van der Waals surface area contributed by atoms with Crippen molar-refractivity contribution < 1.29 is 0 Å². The predicted molar refractivity (Wildman–Crippen MR) is 86.2 cm³/mol. The fourth-order valence-corrected chi connectivity index (χ4v) is 2.53. The van der Waals surface area contributed by atoms with E-state index in [1.54, 1.807) is 0 Å². The van der Waals surface area contributed by atoms with Gasteiger partial charge in [0.15, 0.2) is 0 Å². The maximum atomic E-state index is 4.86. The van der Waals surface area contributed by atoms with Crippen LogP contribution in [-0.2, 0) is 0 Å². The summed E-state index contributed by atoms with van der Waals surface area (Å²) in [7, 11) is 4.12. The SMILES string of the molecule is Cc1cccc2ccc(-c3ccccc3N(C)C)nc12. The van der Waals surface area contributed by atoms with Gasteiger partial charge < -0.3 is 4.90 Å². The lowest BCUT2D eigenvalue weighted by Gasteiger charge is -2.17. The zero-order valence-electron chi connectivity index (χ0n) is 12.1. The van der Waals surface area contributed by atoms with Crippen molar-refractivity contribution in [3.63, 3.8) is 0 Å². The normalized spacial score (nSPS) is 10.8. The van der Waals surface area contributed by atoms with E-state index in [-0.39, 0.29) is 0 Å². The molecular weight excluding hydrogens is 244 g/mol. The number of benzene rings is 2. The fourth-order valence-electron chi connectivity index (χ4n) is 2.53. The molecule has 0 unspecified atom stereocenters. The Balaban J connectivity index is 2.23. The summed E-state index contributed by atoms with van der Waals surface area (Å²) in [4.78, 5) is 6.99. The predicted octanol–water partition coefficient (Wildman–Crippen LogP) is 4.28. The van der Waals surface area contributed by atoms with Crippen molar-refractivity contribution in [1.29, 1.82) is 0 Å². The van der Waals surface area contributed by atoms with Gasteiger partial charge in [-0.15, -0.1) is 0 Å². The number of aryl methyl sites for hydroxylation is 1. The molecule has 2 heteroatoms. The molecule has 0 fully saturated rings. The van der Waals surface area contributed by atoms with Crippen molar-refractivity contribution in [2.45, 2.75) is 6.92 Å². The average Bonchev–Trinajstić information content (AvgIpc) is 2.47. The number of pyridine rings is 1. The molecule has 20 heavy (non-hydrogen) atoms. The number of aromatic nitrogens is 1. The zero-order valence-corrected chi connectivity index (χ0v) is 12.1.